The topological polar surface area (TPSA) is 161 Å². The lowest BCUT2D eigenvalue weighted by Crippen LogP contribution is -2.61. The maximum absolute atomic E-state index is 12.4. The highest BCUT2D eigenvalue weighted by atomic mass is 32.1. The maximum Gasteiger partial charge on any atom is 0.327 e. The minimum Gasteiger partial charge on any atom is -0.480 e. The van der Waals surface area contributed by atoms with Crippen molar-refractivity contribution >= 4 is 36.1 Å². The van der Waals surface area contributed by atoms with Crippen LogP contribution in [0.25, 0.3) is 0 Å². The molecule has 0 radical (unpaired) electrons. The predicted octanol–water partition coefficient (Wildman–Crippen LogP) is 1.06. The van der Waals surface area contributed by atoms with Gasteiger partial charge in [0.25, 0.3) is 0 Å². The van der Waals surface area contributed by atoms with E-state index in [1.54, 1.807) is 12.2 Å². The van der Waals surface area contributed by atoms with Crippen molar-refractivity contribution in [2.24, 2.45) is 28.6 Å². The molecular weight excluding hydrogens is 486 g/mol. The van der Waals surface area contributed by atoms with Crippen LogP contribution in [0.15, 0.2) is 23.8 Å². The number of carbonyl (C=O) groups is 4. The molecule has 0 aliphatic heterocycles. The van der Waals surface area contributed by atoms with Crippen molar-refractivity contribution in [1.29, 1.82) is 0 Å². The van der Waals surface area contributed by atoms with Crippen LogP contribution in [-0.2, 0) is 19.2 Å². The first-order valence-electron chi connectivity index (χ1n) is 12.3. The van der Waals surface area contributed by atoms with E-state index in [4.69, 9.17) is 5.11 Å². The molecule has 0 saturated heterocycles. The van der Waals surface area contributed by atoms with Gasteiger partial charge in [0, 0.05) is 29.4 Å². The van der Waals surface area contributed by atoms with E-state index >= 15 is 0 Å². The van der Waals surface area contributed by atoms with Gasteiger partial charge in [0.05, 0.1) is 6.10 Å². The molecule has 0 aromatic rings. The van der Waals surface area contributed by atoms with E-state index in [0.717, 1.165) is 24.8 Å². The fourth-order valence-electron chi connectivity index (χ4n) is 7.35. The van der Waals surface area contributed by atoms with Crippen molar-refractivity contribution in [2.45, 2.75) is 70.6 Å². The van der Waals surface area contributed by atoms with Crippen molar-refractivity contribution in [3.8, 4) is 0 Å². The Labute approximate surface area is 216 Å². The molecule has 0 spiro atoms. The Morgan fingerprint density at radius 3 is 2.44 bits per heavy atom. The van der Waals surface area contributed by atoms with E-state index in [1.165, 1.54) is 6.92 Å². The average molecular weight is 524 g/mol. The number of carboxylic acid groups (broad SMARTS) is 1. The molecule has 1 amide bonds. The van der Waals surface area contributed by atoms with E-state index < -0.39 is 41.5 Å². The number of nitrogens with one attached hydrogen (secondary N) is 1. The molecule has 4 aliphatic rings. The monoisotopic (exact) mass is 523 g/mol. The molecule has 0 aromatic heterocycles. The second-order valence-electron chi connectivity index (χ2n) is 11.0. The Hall–Kier alpha value is -2.01. The Kier molecular flexibility index (Phi) is 8.25. The first-order valence-corrected chi connectivity index (χ1v) is 13.0. The summed E-state index contributed by atoms with van der Waals surface area (Å²) in [7, 11) is 0. The van der Waals surface area contributed by atoms with Gasteiger partial charge in [0.1, 0.15) is 18.2 Å². The minimum atomic E-state index is -1.56. The number of aliphatic hydroxyl groups excluding tert-OH is 2. The summed E-state index contributed by atoms with van der Waals surface area (Å²) in [5.41, 5.74) is -1.54. The van der Waals surface area contributed by atoms with Gasteiger partial charge in [-0.15, -0.1) is 0 Å². The molecule has 36 heavy (non-hydrogen) atoms. The van der Waals surface area contributed by atoms with Crippen LogP contribution in [0.4, 0.5) is 0 Å². The largest absolute Gasteiger partial charge is 0.480 e. The summed E-state index contributed by atoms with van der Waals surface area (Å²) in [6.45, 7) is 4.61. The fourth-order valence-corrected chi connectivity index (χ4v) is 7.60. The number of thiol groups is 1. The summed E-state index contributed by atoms with van der Waals surface area (Å²) in [6.07, 6.45) is 7.68. The second kappa shape index (κ2) is 10.4. The quantitative estimate of drug-likeness (QED) is 0.292. The van der Waals surface area contributed by atoms with Gasteiger partial charge in [-0.2, -0.15) is 12.6 Å². The maximum atomic E-state index is 12.4. The number of hydrogen-bond donors (Lipinski definition) is 6. The molecule has 9 nitrogen and oxygen atoms in total. The molecule has 8 atom stereocenters. The van der Waals surface area contributed by atoms with Crippen molar-refractivity contribution < 1.29 is 39.6 Å². The molecule has 4 rings (SSSR count). The van der Waals surface area contributed by atoms with Crippen LogP contribution in [0, 0.1) is 28.6 Å². The van der Waals surface area contributed by atoms with Gasteiger partial charge >= 0.3 is 5.97 Å². The van der Waals surface area contributed by atoms with Crippen LogP contribution in [0.2, 0.25) is 0 Å². The van der Waals surface area contributed by atoms with Gasteiger partial charge in [-0.1, -0.05) is 25.5 Å². The van der Waals surface area contributed by atoms with E-state index in [2.05, 4.69) is 24.9 Å². The number of ketones is 2. The number of hydrogen-bond acceptors (Lipinski definition) is 8. The Morgan fingerprint density at radius 1 is 1.25 bits per heavy atom. The number of amides is 1. The Morgan fingerprint density at radius 2 is 1.92 bits per heavy atom. The van der Waals surface area contributed by atoms with Crippen LogP contribution < -0.4 is 5.32 Å². The normalized spacial score (nSPS) is 39.4. The van der Waals surface area contributed by atoms with E-state index in [-0.39, 0.29) is 40.6 Å². The summed E-state index contributed by atoms with van der Waals surface area (Å²) in [5, 5.41) is 42.2. The number of Topliss-reactive ketones (excluding diaryl/α,β-unsaturated/α-hetero) is 1. The third-order valence-electron chi connectivity index (χ3n) is 9.11. The van der Waals surface area contributed by atoms with E-state index in [1.807, 2.05) is 13.0 Å². The van der Waals surface area contributed by atoms with Gasteiger partial charge in [-0.25, -0.2) is 4.79 Å². The molecular formula is C26H37NO8S. The summed E-state index contributed by atoms with van der Waals surface area (Å²) in [4.78, 5) is 44.7. The highest BCUT2D eigenvalue weighted by Crippen LogP contribution is 2.67. The van der Waals surface area contributed by atoms with Crippen LogP contribution in [0.5, 0.6) is 0 Å². The number of aliphatic hydroxyl groups is 3. The Bertz CT molecular complexity index is 994. The third-order valence-corrected chi connectivity index (χ3v) is 9.48. The number of fused-ring (bicyclic) bond motifs is 5. The number of carboxylic acids is 1. The SMILES string of the molecule is CC(=O)NC(CS)C(=O)O.C[C@]12C=CC(=O)C=C1CCC1C2[C@@H](O)C[C@@]2(C)C1CC[C@]2(O)C(=O)CO. The second-order valence-corrected chi connectivity index (χ2v) is 11.3. The summed E-state index contributed by atoms with van der Waals surface area (Å²) in [6, 6.07) is -0.874. The molecule has 5 N–H and O–H groups in total. The first-order chi connectivity index (χ1) is 16.7. The average Bonchev–Trinajstić information content (AvgIpc) is 3.08. The van der Waals surface area contributed by atoms with Crippen LogP contribution >= 0.6 is 12.6 Å². The smallest absolute Gasteiger partial charge is 0.327 e. The summed E-state index contributed by atoms with van der Waals surface area (Å²) < 4.78 is 0. The molecule has 200 valence electrons. The molecule has 3 saturated carbocycles. The molecule has 0 heterocycles. The minimum absolute atomic E-state index is 0.00912. The lowest BCUT2D eigenvalue weighted by Gasteiger charge is -2.59. The van der Waals surface area contributed by atoms with Gasteiger partial charge < -0.3 is 25.7 Å². The zero-order valence-corrected chi connectivity index (χ0v) is 21.8. The fraction of sp³-hybridized carbons (Fsp3) is 0.692. The van der Waals surface area contributed by atoms with Gasteiger partial charge in [-0.3, -0.25) is 14.4 Å². The first kappa shape index (κ1) is 28.6. The number of rotatable bonds is 5. The van der Waals surface area contributed by atoms with Gasteiger partial charge in [0.2, 0.25) is 5.91 Å². The van der Waals surface area contributed by atoms with Crippen LogP contribution in [0.3, 0.4) is 0 Å². The zero-order valence-electron chi connectivity index (χ0n) is 20.9. The lowest BCUT2D eigenvalue weighted by atomic mass is 9.46. The molecule has 4 aliphatic carbocycles. The standard InChI is InChI=1S/C21H28O5.C5H9NO3S/c1-19-7-5-13(23)9-12(19)3-4-14-15-6-8-21(26,17(25)11-22)20(15,2)10-16(24)18(14)19;1-3(7)6-4(2-10)5(8)9/h5,7,9,14-16,18,22,24,26H,3-4,6,8,10-11H2,1-2H3;4,10H,2H2,1H3,(H,6,7)(H,8,9)/t14?,15?,16-,18?,19-,20-,21-;/m0./s1. The highest BCUT2D eigenvalue weighted by Gasteiger charge is 2.67. The van der Waals surface area contributed by atoms with Crippen molar-refractivity contribution in [3.05, 3.63) is 23.8 Å². The van der Waals surface area contributed by atoms with Gasteiger partial charge in [-0.05, 0) is 56.1 Å². The Balaban J connectivity index is 0.000000308. The number of aliphatic carboxylic acids is 1. The molecule has 3 fully saturated rings. The lowest BCUT2D eigenvalue weighted by molar-refractivity contribution is -0.178. The van der Waals surface area contributed by atoms with E-state index in [9.17, 15) is 34.5 Å². The van der Waals surface area contributed by atoms with Crippen molar-refractivity contribution in [2.75, 3.05) is 12.4 Å². The van der Waals surface area contributed by atoms with Gasteiger partial charge in [0.15, 0.2) is 11.6 Å². The molecule has 0 aromatic carbocycles. The van der Waals surface area contributed by atoms with Crippen molar-refractivity contribution in [3.63, 3.8) is 0 Å². The van der Waals surface area contributed by atoms with Crippen molar-refractivity contribution in [1.82, 2.24) is 5.32 Å². The molecule has 10 heteroatoms. The number of allylic oxidation sites excluding steroid dienone is 4. The van der Waals surface area contributed by atoms with Crippen LogP contribution in [-0.4, -0.2) is 74.0 Å². The van der Waals surface area contributed by atoms with Crippen LogP contribution in [0.1, 0.15) is 52.9 Å². The predicted molar refractivity (Wildman–Crippen MR) is 134 cm³/mol. The zero-order chi connectivity index (χ0) is 27.1. The molecule has 0 bridgehead atoms. The molecule has 4 unspecified atom stereocenters. The third kappa shape index (κ3) is 4.68. The summed E-state index contributed by atoms with van der Waals surface area (Å²) >= 11 is 3.73. The number of carbonyl (C=O) groups excluding carboxylic acids is 3. The summed E-state index contributed by atoms with van der Waals surface area (Å²) in [5.74, 6) is -1.54. The highest BCUT2D eigenvalue weighted by molar-refractivity contribution is 7.80. The van der Waals surface area contributed by atoms with E-state index in [0.29, 0.717) is 12.8 Å².